The minimum Gasteiger partial charge on any atom is -0.478 e. The molecule has 1 aromatic rings. The smallest absolute Gasteiger partial charge is 0.335 e. The van der Waals surface area contributed by atoms with E-state index in [0.29, 0.717) is 5.56 Å². The van der Waals surface area contributed by atoms with E-state index in [2.05, 4.69) is 5.32 Å². The van der Waals surface area contributed by atoms with Crippen molar-refractivity contribution in [3.05, 3.63) is 35.4 Å². The molecule has 0 aromatic heterocycles. The molecule has 1 amide bonds. The predicted molar refractivity (Wildman–Crippen MR) is 66.8 cm³/mol. The van der Waals surface area contributed by atoms with Gasteiger partial charge in [-0.15, -0.1) is 0 Å². The fourth-order valence-corrected chi connectivity index (χ4v) is 1.38. The Balaban J connectivity index is 2.70. The van der Waals surface area contributed by atoms with Gasteiger partial charge in [-0.3, -0.25) is 4.79 Å². The Morgan fingerprint density at radius 3 is 2.11 bits per heavy atom. The molecule has 5 nitrogen and oxygen atoms in total. The molecule has 0 radical (unpaired) electrons. The second-order valence-corrected chi connectivity index (χ2v) is 4.09. The Kier molecular flexibility index (Phi) is 4.85. The largest absolute Gasteiger partial charge is 0.478 e. The van der Waals surface area contributed by atoms with Crippen LogP contribution in [0.3, 0.4) is 0 Å². The topological polar surface area (TPSA) is 75.6 Å². The average molecular weight is 251 g/mol. The van der Waals surface area contributed by atoms with Crippen LogP contribution in [-0.4, -0.2) is 36.2 Å². The van der Waals surface area contributed by atoms with Gasteiger partial charge in [0.2, 0.25) is 0 Å². The van der Waals surface area contributed by atoms with Gasteiger partial charge >= 0.3 is 5.97 Å². The van der Waals surface area contributed by atoms with Crippen molar-refractivity contribution in [2.24, 2.45) is 0 Å². The molecule has 0 fully saturated rings. The van der Waals surface area contributed by atoms with Crippen molar-refractivity contribution in [3.63, 3.8) is 0 Å². The number of methoxy groups -OCH3 is 1. The van der Waals surface area contributed by atoms with Crippen LogP contribution >= 0.6 is 0 Å². The number of carboxylic acid groups (broad SMARTS) is 1. The van der Waals surface area contributed by atoms with E-state index >= 15 is 0 Å². The molecule has 0 spiro atoms. The molecule has 1 unspecified atom stereocenters. The molecule has 0 aliphatic carbocycles. The summed E-state index contributed by atoms with van der Waals surface area (Å²) in [5.74, 6) is -1.26. The van der Waals surface area contributed by atoms with E-state index in [9.17, 15) is 9.59 Å². The van der Waals surface area contributed by atoms with E-state index in [1.54, 1.807) is 7.11 Å². The normalized spacial score (nSPS) is 13.7. The molecule has 1 rings (SSSR count). The first kappa shape index (κ1) is 14.2. The minimum absolute atomic E-state index is 0.0905. The number of carbonyl (C=O) groups is 2. The quantitative estimate of drug-likeness (QED) is 0.832. The number of hydrogen-bond donors (Lipinski definition) is 2. The van der Waals surface area contributed by atoms with Gasteiger partial charge in [0.15, 0.2) is 0 Å². The van der Waals surface area contributed by atoms with Crippen LogP contribution in [0, 0.1) is 0 Å². The highest BCUT2D eigenvalue weighted by molar-refractivity contribution is 5.96. The highest BCUT2D eigenvalue weighted by atomic mass is 16.5. The fraction of sp³-hybridized carbons (Fsp3) is 0.385. The highest BCUT2D eigenvalue weighted by Crippen LogP contribution is 2.06. The number of hydrogen-bond acceptors (Lipinski definition) is 3. The van der Waals surface area contributed by atoms with E-state index in [1.165, 1.54) is 24.3 Å². The van der Waals surface area contributed by atoms with Gasteiger partial charge in [-0.1, -0.05) is 0 Å². The first-order chi connectivity index (χ1) is 8.45. The fourth-order valence-electron chi connectivity index (χ4n) is 1.38. The number of ether oxygens (including phenoxy) is 1. The Morgan fingerprint density at radius 1 is 1.17 bits per heavy atom. The van der Waals surface area contributed by atoms with Crippen molar-refractivity contribution in [1.82, 2.24) is 5.32 Å². The van der Waals surface area contributed by atoms with Crippen molar-refractivity contribution >= 4 is 11.9 Å². The van der Waals surface area contributed by atoms with Crippen molar-refractivity contribution in [2.75, 3.05) is 7.11 Å². The molecule has 0 aliphatic rings. The summed E-state index contributed by atoms with van der Waals surface area (Å²) in [5.41, 5.74) is 0.583. The Morgan fingerprint density at radius 2 is 1.67 bits per heavy atom. The maximum Gasteiger partial charge on any atom is 0.335 e. The van der Waals surface area contributed by atoms with Gasteiger partial charge in [-0.2, -0.15) is 0 Å². The summed E-state index contributed by atoms with van der Waals surface area (Å²) in [4.78, 5) is 22.5. The van der Waals surface area contributed by atoms with Crippen molar-refractivity contribution in [2.45, 2.75) is 26.0 Å². The molecule has 5 heteroatoms. The van der Waals surface area contributed by atoms with Crippen LogP contribution in [0.4, 0.5) is 0 Å². The number of benzene rings is 1. The summed E-state index contributed by atoms with van der Waals surface area (Å²) >= 11 is 0. The number of amides is 1. The molecule has 0 bridgehead atoms. The van der Waals surface area contributed by atoms with Crippen molar-refractivity contribution < 1.29 is 19.4 Å². The second kappa shape index (κ2) is 6.16. The molecule has 18 heavy (non-hydrogen) atoms. The molecular formula is C13H17NO4. The zero-order valence-corrected chi connectivity index (χ0v) is 10.6. The van der Waals surface area contributed by atoms with E-state index in [1.807, 2.05) is 13.8 Å². The lowest BCUT2D eigenvalue weighted by molar-refractivity contribution is 0.0695. The van der Waals surface area contributed by atoms with Crippen molar-refractivity contribution in [3.8, 4) is 0 Å². The predicted octanol–water partition coefficient (Wildman–Crippen LogP) is 1.54. The number of aromatic carboxylic acids is 1. The summed E-state index contributed by atoms with van der Waals surface area (Å²) in [7, 11) is 1.58. The van der Waals surface area contributed by atoms with Gasteiger partial charge in [0.1, 0.15) is 0 Å². The second-order valence-electron chi connectivity index (χ2n) is 4.09. The molecule has 2 atom stereocenters. The summed E-state index contributed by atoms with van der Waals surface area (Å²) in [5, 5.41) is 11.5. The molecular weight excluding hydrogens is 234 g/mol. The number of carbonyl (C=O) groups excluding carboxylic acids is 1. The van der Waals surface area contributed by atoms with Gasteiger partial charge in [0.05, 0.1) is 17.7 Å². The molecule has 0 heterocycles. The van der Waals surface area contributed by atoms with Gasteiger partial charge < -0.3 is 15.2 Å². The third-order valence-electron chi connectivity index (χ3n) is 2.83. The Labute approximate surface area is 106 Å². The molecule has 0 saturated heterocycles. The lowest BCUT2D eigenvalue weighted by Crippen LogP contribution is -2.40. The lowest BCUT2D eigenvalue weighted by Gasteiger charge is -2.19. The number of carboxylic acids is 1. The van der Waals surface area contributed by atoms with E-state index in [4.69, 9.17) is 9.84 Å². The zero-order valence-electron chi connectivity index (χ0n) is 10.6. The highest BCUT2D eigenvalue weighted by Gasteiger charge is 2.15. The third-order valence-corrected chi connectivity index (χ3v) is 2.83. The summed E-state index contributed by atoms with van der Waals surface area (Å²) < 4.78 is 5.11. The first-order valence-corrected chi connectivity index (χ1v) is 5.62. The van der Waals surface area contributed by atoms with E-state index in [-0.39, 0.29) is 23.6 Å². The minimum atomic E-state index is -1.01. The molecule has 98 valence electrons. The van der Waals surface area contributed by atoms with Crippen molar-refractivity contribution in [1.29, 1.82) is 0 Å². The molecule has 2 N–H and O–H groups in total. The Hall–Kier alpha value is -1.88. The summed E-state index contributed by atoms with van der Waals surface area (Å²) in [6, 6.07) is 5.66. The zero-order chi connectivity index (χ0) is 13.7. The number of rotatable bonds is 5. The van der Waals surface area contributed by atoms with Crippen LogP contribution in [0.2, 0.25) is 0 Å². The van der Waals surface area contributed by atoms with Gasteiger partial charge in [-0.05, 0) is 38.1 Å². The van der Waals surface area contributed by atoms with Crippen LogP contribution in [0.25, 0.3) is 0 Å². The van der Waals surface area contributed by atoms with Crippen LogP contribution in [0.1, 0.15) is 34.6 Å². The van der Waals surface area contributed by atoms with E-state index < -0.39 is 5.97 Å². The van der Waals surface area contributed by atoms with Gasteiger partial charge in [0.25, 0.3) is 5.91 Å². The van der Waals surface area contributed by atoms with Gasteiger partial charge in [-0.25, -0.2) is 4.79 Å². The average Bonchev–Trinajstić information content (AvgIpc) is 2.37. The SMILES string of the molecule is COC(C)[C@H](C)NC(=O)c1ccc(C(=O)O)cc1. The Bertz CT molecular complexity index is 427. The van der Waals surface area contributed by atoms with Crippen LogP contribution in [0.15, 0.2) is 24.3 Å². The van der Waals surface area contributed by atoms with Crippen LogP contribution < -0.4 is 5.32 Å². The summed E-state index contributed by atoms with van der Waals surface area (Å²) in [6.45, 7) is 3.70. The lowest BCUT2D eigenvalue weighted by atomic mass is 10.1. The van der Waals surface area contributed by atoms with Gasteiger partial charge in [0, 0.05) is 12.7 Å². The maximum absolute atomic E-state index is 11.8. The first-order valence-electron chi connectivity index (χ1n) is 5.62. The summed E-state index contributed by atoms with van der Waals surface area (Å²) in [6.07, 6.45) is -0.0905. The molecule has 0 aliphatic heterocycles. The number of nitrogens with one attached hydrogen (secondary N) is 1. The van der Waals surface area contributed by atoms with Crippen LogP contribution in [0.5, 0.6) is 0 Å². The third kappa shape index (κ3) is 3.56. The monoisotopic (exact) mass is 251 g/mol. The molecule has 1 aromatic carbocycles. The maximum atomic E-state index is 11.8. The molecule has 0 saturated carbocycles. The standard InChI is InChI=1S/C13H17NO4/c1-8(9(2)18-3)14-12(15)10-4-6-11(7-5-10)13(16)17/h4-9H,1-3H3,(H,14,15)(H,16,17)/t8-,9?/m0/s1. The van der Waals surface area contributed by atoms with Crippen LogP contribution in [-0.2, 0) is 4.74 Å². The van der Waals surface area contributed by atoms with E-state index in [0.717, 1.165) is 0 Å².